The normalized spacial score (nSPS) is 20.9. The summed E-state index contributed by atoms with van der Waals surface area (Å²) in [5.74, 6) is -1.17. The third-order valence-electron chi connectivity index (χ3n) is 2.60. The first-order chi connectivity index (χ1) is 7.75. The lowest BCUT2D eigenvalue weighted by atomic mass is 10.0. The molecule has 0 aliphatic carbocycles. The summed E-state index contributed by atoms with van der Waals surface area (Å²) in [4.78, 5) is 10.5. The Morgan fingerprint density at radius 1 is 1.44 bits per heavy atom. The quantitative estimate of drug-likeness (QED) is 0.832. The molecule has 1 fully saturated rings. The van der Waals surface area contributed by atoms with Crippen LogP contribution in [0.25, 0.3) is 0 Å². The molecule has 1 unspecified atom stereocenters. The Hall–Kier alpha value is -1.43. The Labute approximate surface area is 92.6 Å². The second kappa shape index (κ2) is 5.07. The van der Waals surface area contributed by atoms with Crippen molar-refractivity contribution in [2.24, 2.45) is 0 Å². The number of hydrogen-bond acceptors (Lipinski definition) is 5. The molecule has 16 heavy (non-hydrogen) atoms. The molecular formula is C10H14N2O4. The first-order valence-electron chi connectivity index (χ1n) is 5.43. The summed E-state index contributed by atoms with van der Waals surface area (Å²) in [5, 5.41) is 15.7. The summed E-state index contributed by atoms with van der Waals surface area (Å²) in [6.45, 7) is 0.814. The van der Waals surface area contributed by atoms with Gasteiger partial charge in [-0.3, -0.25) is 0 Å². The Balaban J connectivity index is 1.81. The highest BCUT2D eigenvalue weighted by Gasteiger charge is 2.17. The largest absolute Gasteiger partial charge is 0.474 e. The zero-order valence-corrected chi connectivity index (χ0v) is 8.89. The standard InChI is InChI=1S/C10H14N2O4/c13-10(14)9-12-11-8(16-9)5-4-7-3-1-2-6-15-7/h7H,1-6H2,(H,13,14). The molecule has 2 rings (SSSR count). The van der Waals surface area contributed by atoms with Crippen molar-refractivity contribution < 1.29 is 19.1 Å². The number of aromatic nitrogens is 2. The van der Waals surface area contributed by atoms with Crippen LogP contribution in [0.5, 0.6) is 0 Å². The average molecular weight is 226 g/mol. The lowest BCUT2D eigenvalue weighted by Crippen LogP contribution is -2.19. The van der Waals surface area contributed by atoms with Crippen molar-refractivity contribution >= 4 is 5.97 Å². The van der Waals surface area contributed by atoms with Gasteiger partial charge in [-0.2, -0.15) is 0 Å². The van der Waals surface area contributed by atoms with E-state index in [0.717, 1.165) is 25.9 Å². The highest BCUT2D eigenvalue weighted by atomic mass is 16.5. The van der Waals surface area contributed by atoms with Crippen LogP contribution in [-0.2, 0) is 11.2 Å². The predicted octanol–water partition coefficient (Wildman–Crippen LogP) is 1.27. The van der Waals surface area contributed by atoms with E-state index in [-0.39, 0.29) is 12.0 Å². The minimum absolute atomic E-state index is 0.244. The van der Waals surface area contributed by atoms with E-state index in [2.05, 4.69) is 10.2 Å². The number of rotatable bonds is 4. The Morgan fingerprint density at radius 2 is 2.31 bits per heavy atom. The van der Waals surface area contributed by atoms with Crippen molar-refractivity contribution in [2.75, 3.05) is 6.61 Å². The average Bonchev–Trinajstić information content (AvgIpc) is 2.76. The molecule has 2 heterocycles. The molecule has 6 heteroatoms. The van der Waals surface area contributed by atoms with Gasteiger partial charge in [0, 0.05) is 13.0 Å². The fourth-order valence-corrected chi connectivity index (χ4v) is 1.76. The zero-order valence-electron chi connectivity index (χ0n) is 8.89. The lowest BCUT2D eigenvalue weighted by molar-refractivity contribution is 0.0105. The molecule has 1 saturated heterocycles. The first-order valence-corrected chi connectivity index (χ1v) is 5.43. The number of carbonyl (C=O) groups is 1. The van der Waals surface area contributed by atoms with Crippen LogP contribution >= 0.6 is 0 Å². The van der Waals surface area contributed by atoms with E-state index in [1.807, 2.05) is 0 Å². The number of ether oxygens (including phenoxy) is 1. The summed E-state index contributed by atoms with van der Waals surface area (Å²) in [6, 6.07) is 0. The molecule has 1 atom stereocenters. The van der Waals surface area contributed by atoms with Crippen molar-refractivity contribution in [3.05, 3.63) is 11.8 Å². The molecule has 0 radical (unpaired) electrons. The van der Waals surface area contributed by atoms with Crippen molar-refractivity contribution in [1.29, 1.82) is 0 Å². The van der Waals surface area contributed by atoms with Gasteiger partial charge in [-0.05, 0) is 25.7 Å². The molecule has 0 aromatic carbocycles. The summed E-state index contributed by atoms with van der Waals surface area (Å²) in [7, 11) is 0. The smallest absolute Gasteiger partial charge is 0.393 e. The second-order valence-electron chi connectivity index (χ2n) is 3.83. The van der Waals surface area contributed by atoms with E-state index >= 15 is 0 Å². The van der Waals surface area contributed by atoms with Gasteiger partial charge in [0.1, 0.15) is 0 Å². The minimum atomic E-state index is -1.19. The van der Waals surface area contributed by atoms with E-state index in [4.69, 9.17) is 14.3 Å². The molecule has 0 saturated carbocycles. The third-order valence-corrected chi connectivity index (χ3v) is 2.60. The van der Waals surface area contributed by atoms with Crippen LogP contribution < -0.4 is 0 Å². The second-order valence-corrected chi connectivity index (χ2v) is 3.83. The van der Waals surface area contributed by atoms with Gasteiger partial charge in [0.2, 0.25) is 5.89 Å². The molecule has 88 valence electrons. The zero-order chi connectivity index (χ0) is 11.4. The number of nitrogens with zero attached hydrogens (tertiary/aromatic N) is 2. The van der Waals surface area contributed by atoms with Gasteiger partial charge in [-0.1, -0.05) is 0 Å². The Kier molecular flexibility index (Phi) is 3.51. The van der Waals surface area contributed by atoms with Crippen molar-refractivity contribution in [3.63, 3.8) is 0 Å². The molecule has 1 N–H and O–H groups in total. The number of carboxylic acids is 1. The molecule has 6 nitrogen and oxygen atoms in total. The van der Waals surface area contributed by atoms with Gasteiger partial charge in [-0.25, -0.2) is 4.79 Å². The van der Waals surface area contributed by atoms with Gasteiger partial charge in [0.25, 0.3) is 0 Å². The summed E-state index contributed by atoms with van der Waals surface area (Å²) < 4.78 is 10.5. The van der Waals surface area contributed by atoms with Gasteiger partial charge in [0.05, 0.1) is 6.10 Å². The SMILES string of the molecule is O=C(O)c1nnc(CCC2CCCCO2)o1. The van der Waals surface area contributed by atoms with Gasteiger partial charge in [0.15, 0.2) is 0 Å². The maximum Gasteiger partial charge on any atom is 0.393 e. The van der Waals surface area contributed by atoms with Gasteiger partial charge >= 0.3 is 11.9 Å². The van der Waals surface area contributed by atoms with Gasteiger partial charge in [-0.15, -0.1) is 10.2 Å². The topological polar surface area (TPSA) is 85.5 Å². The highest BCUT2D eigenvalue weighted by molar-refractivity contribution is 5.81. The van der Waals surface area contributed by atoms with Crippen molar-refractivity contribution in [3.8, 4) is 0 Å². The number of carboxylic acid groups (broad SMARTS) is 1. The van der Waals surface area contributed by atoms with Crippen LogP contribution in [0.3, 0.4) is 0 Å². The fourth-order valence-electron chi connectivity index (χ4n) is 1.76. The number of aromatic carboxylic acids is 1. The Bertz CT molecular complexity index is 357. The van der Waals surface area contributed by atoms with Crippen LogP contribution in [-0.4, -0.2) is 34.0 Å². The van der Waals surface area contributed by atoms with Crippen LogP contribution in [0.1, 0.15) is 42.3 Å². The number of aryl methyl sites for hydroxylation is 1. The molecule has 0 spiro atoms. The third kappa shape index (κ3) is 2.79. The van der Waals surface area contributed by atoms with Crippen molar-refractivity contribution in [1.82, 2.24) is 10.2 Å². The summed E-state index contributed by atoms with van der Waals surface area (Å²) in [6.07, 6.45) is 5.00. The predicted molar refractivity (Wildman–Crippen MR) is 53.2 cm³/mol. The van der Waals surface area contributed by atoms with E-state index in [9.17, 15) is 4.79 Å². The monoisotopic (exact) mass is 226 g/mol. The fraction of sp³-hybridized carbons (Fsp3) is 0.700. The molecular weight excluding hydrogens is 212 g/mol. The molecule has 1 aromatic heterocycles. The number of hydrogen-bond donors (Lipinski definition) is 1. The molecule has 1 aromatic rings. The van der Waals surface area contributed by atoms with E-state index in [1.165, 1.54) is 6.42 Å². The van der Waals surface area contributed by atoms with Crippen LogP contribution in [0.15, 0.2) is 4.42 Å². The summed E-state index contributed by atoms with van der Waals surface area (Å²) in [5.41, 5.74) is 0. The van der Waals surface area contributed by atoms with Crippen LogP contribution in [0, 0.1) is 0 Å². The summed E-state index contributed by atoms with van der Waals surface area (Å²) >= 11 is 0. The maximum atomic E-state index is 10.5. The minimum Gasteiger partial charge on any atom is -0.474 e. The maximum absolute atomic E-state index is 10.5. The van der Waals surface area contributed by atoms with Crippen molar-refractivity contribution in [2.45, 2.75) is 38.2 Å². The van der Waals surface area contributed by atoms with Crippen LogP contribution in [0.2, 0.25) is 0 Å². The van der Waals surface area contributed by atoms with E-state index < -0.39 is 5.97 Å². The Morgan fingerprint density at radius 3 is 2.94 bits per heavy atom. The van der Waals surface area contributed by atoms with E-state index in [1.54, 1.807) is 0 Å². The first kappa shape index (κ1) is 11.1. The molecule has 1 aliphatic rings. The lowest BCUT2D eigenvalue weighted by Gasteiger charge is -2.21. The van der Waals surface area contributed by atoms with E-state index in [0.29, 0.717) is 12.3 Å². The molecule has 1 aliphatic heterocycles. The highest BCUT2D eigenvalue weighted by Crippen LogP contribution is 2.17. The molecule has 0 bridgehead atoms. The van der Waals surface area contributed by atoms with Gasteiger partial charge < -0.3 is 14.3 Å². The molecule has 0 amide bonds. The van der Waals surface area contributed by atoms with Crippen LogP contribution in [0.4, 0.5) is 0 Å².